The fraction of sp³-hybridized carbons (Fsp3) is 0.537. The van der Waals surface area contributed by atoms with Gasteiger partial charge >= 0.3 is 6.09 Å². The third-order valence-corrected chi connectivity index (χ3v) is 11.5. The number of nitrogens with zero attached hydrogens (tertiary/aromatic N) is 6. The zero-order valence-corrected chi connectivity index (χ0v) is 31.4. The molecule has 4 aromatic rings. The molecule has 4 heterocycles. The van der Waals surface area contributed by atoms with E-state index in [2.05, 4.69) is 34.1 Å². The Hall–Kier alpha value is -4.25. The Morgan fingerprint density at radius 3 is 2.27 bits per heavy atom. The lowest BCUT2D eigenvalue weighted by molar-refractivity contribution is 0.0118. The number of fused-ring (bicyclic) bond motifs is 2. The van der Waals surface area contributed by atoms with Crippen molar-refractivity contribution in [1.82, 2.24) is 24.1 Å². The van der Waals surface area contributed by atoms with Crippen molar-refractivity contribution in [2.45, 2.75) is 109 Å². The summed E-state index contributed by atoms with van der Waals surface area (Å²) < 4.78 is 38.2. The van der Waals surface area contributed by atoms with Crippen LogP contribution in [-0.4, -0.2) is 80.5 Å². The van der Waals surface area contributed by atoms with E-state index in [1.165, 1.54) is 5.56 Å². The van der Waals surface area contributed by atoms with E-state index in [9.17, 15) is 18.4 Å². The molecule has 11 heteroatoms. The van der Waals surface area contributed by atoms with Crippen molar-refractivity contribution in [1.29, 1.82) is 0 Å². The molecule has 2 fully saturated rings. The van der Waals surface area contributed by atoms with Crippen LogP contribution in [0.2, 0.25) is 0 Å². The maximum absolute atomic E-state index is 14.7. The molecule has 52 heavy (non-hydrogen) atoms. The van der Waals surface area contributed by atoms with Crippen LogP contribution in [0.3, 0.4) is 0 Å². The van der Waals surface area contributed by atoms with E-state index in [0.717, 1.165) is 79.1 Å². The van der Waals surface area contributed by atoms with Gasteiger partial charge in [-0.2, -0.15) is 5.10 Å². The number of alkyl halides is 2. The van der Waals surface area contributed by atoms with Crippen LogP contribution in [0.25, 0.3) is 21.9 Å². The van der Waals surface area contributed by atoms with Crippen LogP contribution < -0.4 is 4.90 Å². The van der Waals surface area contributed by atoms with E-state index in [4.69, 9.17) is 4.74 Å². The van der Waals surface area contributed by atoms with Gasteiger partial charge in [-0.1, -0.05) is 0 Å². The van der Waals surface area contributed by atoms with Gasteiger partial charge in [0.25, 0.3) is 6.43 Å². The molecule has 0 bridgehead atoms. The summed E-state index contributed by atoms with van der Waals surface area (Å²) in [6, 6.07) is 9.03. The smallest absolute Gasteiger partial charge is 0.410 e. The van der Waals surface area contributed by atoms with Gasteiger partial charge in [0.05, 0.1) is 11.9 Å². The maximum atomic E-state index is 14.7. The highest BCUT2D eigenvalue weighted by Gasteiger charge is 2.34. The Labute approximate surface area is 305 Å². The highest BCUT2D eigenvalue weighted by Crippen LogP contribution is 2.45. The molecule has 3 aliphatic rings. The van der Waals surface area contributed by atoms with Crippen LogP contribution in [-0.2, 0) is 18.2 Å². The van der Waals surface area contributed by atoms with Crippen molar-refractivity contribution < 1.29 is 23.1 Å². The molecule has 2 aromatic heterocycles. The Bertz CT molecular complexity index is 1950. The first kappa shape index (κ1) is 36.1. The van der Waals surface area contributed by atoms with Gasteiger partial charge in [0, 0.05) is 91.9 Å². The van der Waals surface area contributed by atoms with E-state index >= 15 is 0 Å². The number of likely N-dealkylation sites (tertiary alicyclic amines) is 1. The lowest BCUT2D eigenvalue weighted by Crippen LogP contribution is -2.50. The summed E-state index contributed by atoms with van der Waals surface area (Å²) in [6.07, 6.45) is 12.2. The van der Waals surface area contributed by atoms with Gasteiger partial charge in [-0.05, 0) is 126 Å². The SMILES string of the molecule is CC(=O)n1cc2cc(C3CCC(N(C)C4CCN(C(=O)OC(C)(C)C)CC4)CC3)cc(N3CCCc4cc(-c5cnn(C)c5)c(C(F)F)cc43)c2c1. The van der Waals surface area contributed by atoms with E-state index in [1.54, 1.807) is 41.7 Å². The average molecular weight is 715 g/mol. The lowest BCUT2D eigenvalue weighted by Gasteiger charge is -2.43. The van der Waals surface area contributed by atoms with Crippen LogP contribution in [0.4, 0.5) is 25.0 Å². The van der Waals surface area contributed by atoms with Crippen LogP contribution >= 0.6 is 0 Å². The predicted molar refractivity (Wildman–Crippen MR) is 201 cm³/mol. The number of benzene rings is 2. The number of anilines is 2. The number of amides is 1. The zero-order valence-electron chi connectivity index (χ0n) is 31.4. The summed E-state index contributed by atoms with van der Waals surface area (Å²) >= 11 is 0. The number of piperidine rings is 1. The summed E-state index contributed by atoms with van der Waals surface area (Å²) in [6.45, 7) is 9.40. The molecular formula is C41H52F2N6O3. The third-order valence-electron chi connectivity index (χ3n) is 11.5. The first-order chi connectivity index (χ1) is 24.8. The number of halogens is 2. The van der Waals surface area contributed by atoms with E-state index in [-0.39, 0.29) is 17.6 Å². The van der Waals surface area contributed by atoms with Gasteiger partial charge < -0.3 is 19.4 Å². The molecule has 9 nitrogen and oxygen atoms in total. The largest absolute Gasteiger partial charge is 0.444 e. The van der Waals surface area contributed by atoms with Crippen molar-refractivity contribution in [3.63, 3.8) is 0 Å². The van der Waals surface area contributed by atoms with E-state index < -0.39 is 12.0 Å². The minimum absolute atomic E-state index is 0.00492. The van der Waals surface area contributed by atoms with E-state index in [0.29, 0.717) is 48.8 Å². The van der Waals surface area contributed by atoms with Gasteiger partial charge in [-0.3, -0.25) is 14.0 Å². The molecule has 0 spiro atoms. The van der Waals surface area contributed by atoms with Crippen molar-refractivity contribution >= 4 is 34.1 Å². The molecule has 1 saturated heterocycles. The minimum Gasteiger partial charge on any atom is -0.444 e. The number of aryl methyl sites for hydroxylation is 2. The summed E-state index contributed by atoms with van der Waals surface area (Å²) in [5.74, 6) is 0.292. The summed E-state index contributed by atoms with van der Waals surface area (Å²) in [7, 11) is 4.04. The number of aromatic nitrogens is 3. The van der Waals surface area contributed by atoms with Crippen molar-refractivity contribution in [2.24, 2.45) is 7.05 Å². The molecule has 2 aliphatic heterocycles. The van der Waals surface area contributed by atoms with Crippen molar-refractivity contribution in [2.75, 3.05) is 31.6 Å². The summed E-state index contributed by atoms with van der Waals surface area (Å²) in [5, 5.41) is 6.18. The standard InChI is InChI=1S/C41H52F2N6O3/c1-26(50)48-24-30-18-29(27-9-11-32(12-10-27)46(6)33-13-16-47(17-14-33)40(51)52-41(2,3)4)20-38(36(30)25-48)49-15-7-8-28-19-34(31-22-44-45(5)23-31)35(39(42)43)21-37(28)49/h18-25,27,32-33,39H,7-17H2,1-6H3. The molecule has 278 valence electrons. The summed E-state index contributed by atoms with van der Waals surface area (Å²) in [4.78, 5) is 31.8. The van der Waals surface area contributed by atoms with Crippen LogP contribution in [0.1, 0.15) is 106 Å². The number of carbonyl (C=O) groups is 2. The molecule has 0 atom stereocenters. The van der Waals surface area contributed by atoms with Gasteiger partial charge in [0.15, 0.2) is 0 Å². The first-order valence-electron chi connectivity index (χ1n) is 18.8. The second kappa shape index (κ2) is 14.3. The highest BCUT2D eigenvalue weighted by molar-refractivity contribution is 5.99. The molecule has 1 saturated carbocycles. The monoisotopic (exact) mass is 714 g/mol. The Morgan fingerprint density at radius 2 is 1.63 bits per heavy atom. The predicted octanol–water partition coefficient (Wildman–Crippen LogP) is 9.08. The molecule has 0 unspecified atom stereocenters. The van der Waals surface area contributed by atoms with Crippen molar-refractivity contribution in [3.05, 3.63) is 65.7 Å². The fourth-order valence-corrected chi connectivity index (χ4v) is 8.68. The first-order valence-corrected chi connectivity index (χ1v) is 18.8. The second-order valence-corrected chi connectivity index (χ2v) is 16.1. The number of hydrogen-bond acceptors (Lipinski definition) is 6. The third kappa shape index (κ3) is 7.34. The molecule has 0 radical (unpaired) electrons. The second-order valence-electron chi connectivity index (χ2n) is 16.1. The molecular weight excluding hydrogens is 662 g/mol. The molecule has 1 aliphatic carbocycles. The Morgan fingerprint density at radius 1 is 0.923 bits per heavy atom. The Kier molecular flexibility index (Phi) is 9.93. The fourth-order valence-electron chi connectivity index (χ4n) is 8.68. The quantitative estimate of drug-likeness (QED) is 0.198. The number of hydrogen-bond donors (Lipinski definition) is 0. The summed E-state index contributed by atoms with van der Waals surface area (Å²) in [5.41, 5.74) is 4.79. The molecule has 7 rings (SSSR count). The minimum atomic E-state index is -2.64. The van der Waals surface area contributed by atoms with E-state index in [1.807, 2.05) is 44.1 Å². The van der Waals surface area contributed by atoms with Gasteiger partial charge in [0.1, 0.15) is 5.60 Å². The average Bonchev–Trinajstić information content (AvgIpc) is 3.76. The van der Waals surface area contributed by atoms with Gasteiger partial charge in [-0.15, -0.1) is 0 Å². The number of carbonyl (C=O) groups excluding carboxylic acids is 2. The van der Waals surface area contributed by atoms with Gasteiger partial charge in [-0.25, -0.2) is 13.6 Å². The number of rotatable bonds is 6. The lowest BCUT2D eigenvalue weighted by atomic mass is 9.80. The number of ether oxygens (including phenoxy) is 1. The topological polar surface area (TPSA) is 75.8 Å². The maximum Gasteiger partial charge on any atom is 0.410 e. The Balaban J connectivity index is 1.13. The van der Waals surface area contributed by atoms with Crippen LogP contribution in [0.15, 0.2) is 49.1 Å². The van der Waals surface area contributed by atoms with Crippen molar-refractivity contribution in [3.8, 4) is 11.1 Å². The molecule has 1 amide bonds. The van der Waals surface area contributed by atoms with Crippen LogP contribution in [0, 0.1) is 0 Å². The van der Waals surface area contributed by atoms with Gasteiger partial charge in [0.2, 0.25) is 5.91 Å². The highest BCUT2D eigenvalue weighted by atomic mass is 19.3. The molecule has 2 aromatic carbocycles. The zero-order chi connectivity index (χ0) is 36.9. The van der Waals surface area contributed by atoms with Crippen LogP contribution in [0.5, 0.6) is 0 Å². The molecule has 0 N–H and O–H groups in total. The normalized spacial score (nSPS) is 20.2.